The van der Waals surface area contributed by atoms with Gasteiger partial charge in [0, 0.05) is 10.6 Å². The zero-order chi connectivity index (χ0) is 19.2. The van der Waals surface area contributed by atoms with Gasteiger partial charge in [-0.15, -0.1) is 10.2 Å². The summed E-state index contributed by atoms with van der Waals surface area (Å²) in [6.45, 7) is 4.81. The number of ether oxygens (including phenoxy) is 2. The highest BCUT2D eigenvalue weighted by atomic mass is 35.5. The third kappa shape index (κ3) is 5.21. The Kier molecular flexibility index (Phi) is 6.32. The Balaban J connectivity index is 1.65. The Hall–Kier alpha value is -2.57. The van der Waals surface area contributed by atoms with Gasteiger partial charge in [0.25, 0.3) is 0 Å². The third-order valence-corrected chi connectivity index (χ3v) is 4.35. The molecule has 0 aliphatic carbocycles. The molecule has 0 aliphatic rings. The molecule has 1 aromatic heterocycles. The molecule has 140 valence electrons. The van der Waals surface area contributed by atoms with Crippen molar-refractivity contribution in [3.63, 3.8) is 0 Å². The van der Waals surface area contributed by atoms with Crippen molar-refractivity contribution >= 4 is 29.4 Å². The lowest BCUT2D eigenvalue weighted by atomic mass is 10.1. The Bertz CT molecular complexity index is 943. The van der Waals surface area contributed by atoms with Crippen LogP contribution in [0.5, 0.6) is 11.5 Å². The van der Waals surface area contributed by atoms with Crippen molar-refractivity contribution in [2.75, 3.05) is 13.2 Å². The molecule has 0 fully saturated rings. The van der Waals surface area contributed by atoms with Crippen molar-refractivity contribution in [2.24, 2.45) is 5.10 Å². The van der Waals surface area contributed by atoms with Crippen LogP contribution >= 0.6 is 23.2 Å². The van der Waals surface area contributed by atoms with Crippen LogP contribution in [0.4, 0.5) is 0 Å². The van der Waals surface area contributed by atoms with E-state index in [-0.39, 0.29) is 0 Å². The Morgan fingerprint density at radius 2 is 1.74 bits per heavy atom. The van der Waals surface area contributed by atoms with E-state index in [1.807, 2.05) is 25.1 Å². The van der Waals surface area contributed by atoms with E-state index in [4.69, 9.17) is 32.7 Å². The normalized spacial score (nSPS) is 11.1. The molecule has 3 rings (SSSR count). The van der Waals surface area contributed by atoms with Gasteiger partial charge in [0.15, 0.2) is 0 Å². The van der Waals surface area contributed by atoms with E-state index in [1.165, 1.54) is 28.5 Å². The monoisotopic (exact) mass is 404 g/mol. The molecule has 0 unspecified atom stereocenters. The first kappa shape index (κ1) is 19.2. The van der Waals surface area contributed by atoms with E-state index in [0.717, 1.165) is 5.75 Å². The van der Waals surface area contributed by atoms with Gasteiger partial charge in [-0.1, -0.05) is 29.3 Å². The van der Waals surface area contributed by atoms with Gasteiger partial charge in [-0.2, -0.15) is 5.10 Å². The largest absolute Gasteiger partial charge is 0.490 e. The van der Waals surface area contributed by atoms with Gasteiger partial charge in [-0.25, -0.2) is 4.68 Å². The van der Waals surface area contributed by atoms with Crippen LogP contribution in [0.25, 0.3) is 0 Å². The van der Waals surface area contributed by atoms with Crippen LogP contribution in [-0.4, -0.2) is 34.3 Å². The lowest BCUT2D eigenvalue weighted by Crippen LogP contribution is -2.10. The summed E-state index contributed by atoms with van der Waals surface area (Å²) >= 11 is 12.4. The van der Waals surface area contributed by atoms with Crippen LogP contribution in [0.1, 0.15) is 16.7 Å². The van der Waals surface area contributed by atoms with Crippen LogP contribution in [-0.2, 0) is 0 Å². The average Bonchev–Trinajstić information content (AvgIpc) is 3.14. The fourth-order valence-corrected chi connectivity index (χ4v) is 2.88. The number of hydrogen-bond acceptors (Lipinski definition) is 5. The zero-order valence-corrected chi connectivity index (χ0v) is 16.4. The lowest BCUT2D eigenvalue weighted by molar-refractivity contribution is 0.217. The van der Waals surface area contributed by atoms with Gasteiger partial charge in [-0.05, 0) is 49.2 Å². The molecule has 6 nitrogen and oxygen atoms in total. The zero-order valence-electron chi connectivity index (χ0n) is 14.9. The van der Waals surface area contributed by atoms with Gasteiger partial charge in [0.05, 0.1) is 11.2 Å². The first-order chi connectivity index (χ1) is 13.0. The first-order valence-corrected chi connectivity index (χ1v) is 8.99. The summed E-state index contributed by atoms with van der Waals surface area (Å²) in [5.41, 5.74) is 3.05. The number of hydrogen-bond donors (Lipinski definition) is 0. The maximum Gasteiger partial charge on any atom is 0.147 e. The summed E-state index contributed by atoms with van der Waals surface area (Å²) in [5, 5.41) is 12.5. The summed E-state index contributed by atoms with van der Waals surface area (Å²) in [7, 11) is 0. The van der Waals surface area contributed by atoms with Crippen LogP contribution in [0.2, 0.25) is 10.0 Å². The fraction of sp³-hybridized carbons (Fsp3) is 0.211. The molecule has 0 aliphatic heterocycles. The number of benzene rings is 2. The molecule has 0 N–H and O–H groups in total. The molecule has 3 aromatic rings. The SMILES string of the molecule is Cc1ccc(OCCOc2c(Cl)cc(Cl)cc2/C=N/n2cnnc2)cc1C. The quantitative estimate of drug-likeness (QED) is 0.428. The van der Waals surface area contributed by atoms with Crippen molar-refractivity contribution in [3.8, 4) is 11.5 Å². The van der Waals surface area contributed by atoms with E-state index in [2.05, 4.69) is 22.2 Å². The minimum atomic E-state index is 0.321. The third-order valence-electron chi connectivity index (χ3n) is 3.85. The predicted octanol–water partition coefficient (Wildman–Crippen LogP) is 4.54. The number of rotatable bonds is 7. The Morgan fingerprint density at radius 3 is 2.48 bits per heavy atom. The van der Waals surface area contributed by atoms with Crippen molar-refractivity contribution in [1.82, 2.24) is 14.9 Å². The van der Waals surface area contributed by atoms with E-state index in [0.29, 0.717) is 34.6 Å². The van der Waals surface area contributed by atoms with E-state index in [1.54, 1.807) is 18.3 Å². The maximum atomic E-state index is 6.29. The fourth-order valence-electron chi connectivity index (χ4n) is 2.32. The average molecular weight is 405 g/mol. The van der Waals surface area contributed by atoms with Gasteiger partial charge in [0.2, 0.25) is 0 Å². The Labute approximate surface area is 167 Å². The molecule has 0 amide bonds. The van der Waals surface area contributed by atoms with E-state index >= 15 is 0 Å². The predicted molar refractivity (Wildman–Crippen MR) is 106 cm³/mol. The molecule has 8 heteroatoms. The van der Waals surface area contributed by atoms with Crippen molar-refractivity contribution in [2.45, 2.75) is 13.8 Å². The van der Waals surface area contributed by atoms with Crippen molar-refractivity contribution in [1.29, 1.82) is 0 Å². The molecule has 27 heavy (non-hydrogen) atoms. The maximum absolute atomic E-state index is 6.29. The smallest absolute Gasteiger partial charge is 0.147 e. The van der Waals surface area contributed by atoms with Crippen LogP contribution < -0.4 is 9.47 Å². The molecule has 0 saturated carbocycles. The molecular weight excluding hydrogens is 387 g/mol. The highest BCUT2D eigenvalue weighted by molar-refractivity contribution is 6.36. The highest BCUT2D eigenvalue weighted by Gasteiger charge is 2.10. The van der Waals surface area contributed by atoms with Crippen molar-refractivity contribution in [3.05, 3.63) is 69.7 Å². The van der Waals surface area contributed by atoms with Crippen LogP contribution in [0.3, 0.4) is 0 Å². The molecular formula is C19H18Cl2N4O2. The van der Waals surface area contributed by atoms with Crippen LogP contribution in [0.15, 0.2) is 48.1 Å². The summed E-state index contributed by atoms with van der Waals surface area (Å²) in [6.07, 6.45) is 4.53. The van der Waals surface area contributed by atoms with Crippen LogP contribution in [0, 0.1) is 13.8 Å². The van der Waals surface area contributed by atoms with Gasteiger partial charge in [0.1, 0.15) is 37.4 Å². The molecule has 0 spiro atoms. The standard InChI is InChI=1S/C19H18Cl2N4O2/c1-13-3-4-17(7-14(13)2)26-5-6-27-19-15(8-16(20)9-18(19)21)10-24-25-11-22-23-12-25/h3-4,7-12H,5-6H2,1-2H3/b24-10+. The van der Waals surface area contributed by atoms with E-state index in [9.17, 15) is 0 Å². The van der Waals surface area contributed by atoms with E-state index < -0.39 is 0 Å². The molecule has 0 saturated heterocycles. The van der Waals surface area contributed by atoms with Crippen molar-refractivity contribution < 1.29 is 9.47 Å². The molecule has 0 atom stereocenters. The molecule has 1 heterocycles. The molecule has 0 bridgehead atoms. The highest BCUT2D eigenvalue weighted by Crippen LogP contribution is 2.31. The minimum absolute atomic E-state index is 0.321. The number of aryl methyl sites for hydroxylation is 2. The van der Waals surface area contributed by atoms with Gasteiger partial charge >= 0.3 is 0 Å². The topological polar surface area (TPSA) is 61.5 Å². The van der Waals surface area contributed by atoms with Gasteiger partial charge in [-0.3, -0.25) is 0 Å². The molecule has 2 aromatic carbocycles. The minimum Gasteiger partial charge on any atom is -0.490 e. The summed E-state index contributed by atoms with van der Waals surface area (Å²) in [6, 6.07) is 9.32. The lowest BCUT2D eigenvalue weighted by Gasteiger charge is -2.13. The number of aromatic nitrogens is 3. The summed E-state index contributed by atoms with van der Waals surface area (Å²) in [5.74, 6) is 1.29. The second-order valence-electron chi connectivity index (χ2n) is 5.84. The number of halogens is 2. The Morgan fingerprint density at radius 1 is 1.00 bits per heavy atom. The summed E-state index contributed by atoms with van der Waals surface area (Å²) < 4.78 is 13.0. The molecule has 0 radical (unpaired) electrons. The first-order valence-electron chi connectivity index (χ1n) is 8.24. The van der Waals surface area contributed by atoms with Gasteiger partial charge < -0.3 is 9.47 Å². The number of nitrogens with zero attached hydrogens (tertiary/aromatic N) is 4. The second kappa shape index (κ2) is 8.88. The summed E-state index contributed by atoms with van der Waals surface area (Å²) in [4.78, 5) is 0. The second-order valence-corrected chi connectivity index (χ2v) is 6.68.